The number of nitrogens with zero attached hydrogens (tertiary/aromatic N) is 1. The van der Waals surface area contributed by atoms with Crippen LogP contribution in [0.1, 0.15) is 27.7 Å². The topological polar surface area (TPSA) is 75.4 Å². The van der Waals surface area contributed by atoms with Crippen LogP contribution in [-0.4, -0.2) is 21.2 Å². The average Bonchev–Trinajstić information content (AvgIpc) is 2.14. The SMILES string of the molecule is CC(C)(O)C(C)(C)Nc1cc(F)ccc1[N+](=O)[O-]. The van der Waals surface area contributed by atoms with Gasteiger partial charge in [0.25, 0.3) is 5.69 Å². The molecule has 6 heteroatoms. The Hall–Kier alpha value is -1.69. The van der Waals surface area contributed by atoms with Gasteiger partial charge < -0.3 is 10.4 Å². The minimum Gasteiger partial charge on any atom is -0.388 e. The predicted molar refractivity (Wildman–Crippen MR) is 67.1 cm³/mol. The highest BCUT2D eigenvalue weighted by molar-refractivity contribution is 5.62. The maximum atomic E-state index is 13.2. The summed E-state index contributed by atoms with van der Waals surface area (Å²) in [7, 11) is 0. The lowest BCUT2D eigenvalue weighted by atomic mass is 9.85. The molecule has 5 nitrogen and oxygen atoms in total. The van der Waals surface area contributed by atoms with Crippen LogP contribution in [0.3, 0.4) is 0 Å². The van der Waals surface area contributed by atoms with Crippen molar-refractivity contribution in [3.8, 4) is 0 Å². The Labute approximate surface area is 105 Å². The summed E-state index contributed by atoms with van der Waals surface area (Å²) >= 11 is 0. The molecule has 0 unspecified atom stereocenters. The van der Waals surface area contributed by atoms with Crippen LogP contribution in [0.5, 0.6) is 0 Å². The van der Waals surface area contributed by atoms with Gasteiger partial charge in [0.2, 0.25) is 0 Å². The zero-order chi connectivity index (χ0) is 14.1. The summed E-state index contributed by atoms with van der Waals surface area (Å²) in [6, 6.07) is 3.17. The van der Waals surface area contributed by atoms with Gasteiger partial charge in [0, 0.05) is 12.1 Å². The van der Waals surface area contributed by atoms with E-state index in [0.717, 1.165) is 18.2 Å². The largest absolute Gasteiger partial charge is 0.388 e. The Morgan fingerprint density at radius 3 is 2.33 bits per heavy atom. The van der Waals surface area contributed by atoms with Crippen molar-refractivity contribution in [2.24, 2.45) is 0 Å². The van der Waals surface area contributed by atoms with Crippen molar-refractivity contribution in [1.29, 1.82) is 0 Å². The fourth-order valence-electron chi connectivity index (χ4n) is 1.26. The molecule has 0 aliphatic rings. The first-order valence-corrected chi connectivity index (χ1v) is 5.49. The second kappa shape index (κ2) is 4.53. The van der Waals surface area contributed by atoms with Gasteiger partial charge in [-0.05, 0) is 33.8 Å². The molecule has 0 aliphatic carbocycles. The summed E-state index contributed by atoms with van der Waals surface area (Å²) < 4.78 is 13.2. The number of hydrogen-bond acceptors (Lipinski definition) is 4. The van der Waals surface area contributed by atoms with Gasteiger partial charge in [0.1, 0.15) is 11.5 Å². The first kappa shape index (κ1) is 14.4. The first-order valence-electron chi connectivity index (χ1n) is 5.49. The molecule has 0 amide bonds. The van der Waals surface area contributed by atoms with E-state index in [1.807, 2.05) is 0 Å². The highest BCUT2D eigenvalue weighted by Gasteiger charge is 2.36. The van der Waals surface area contributed by atoms with Crippen molar-refractivity contribution >= 4 is 11.4 Å². The van der Waals surface area contributed by atoms with Crippen LogP contribution in [0.15, 0.2) is 18.2 Å². The molecule has 0 radical (unpaired) electrons. The second-order valence-electron chi connectivity index (χ2n) is 5.23. The Morgan fingerprint density at radius 2 is 1.89 bits per heavy atom. The lowest BCUT2D eigenvalue weighted by molar-refractivity contribution is -0.384. The monoisotopic (exact) mass is 256 g/mol. The van der Waals surface area contributed by atoms with E-state index in [4.69, 9.17) is 0 Å². The van der Waals surface area contributed by atoms with Gasteiger partial charge in [-0.25, -0.2) is 4.39 Å². The Kier molecular flexibility index (Phi) is 3.62. The van der Waals surface area contributed by atoms with Gasteiger partial charge in [0.05, 0.1) is 16.1 Å². The number of nitrogens with one attached hydrogen (secondary N) is 1. The maximum absolute atomic E-state index is 13.2. The number of nitro groups is 1. The number of anilines is 1. The molecule has 100 valence electrons. The molecule has 0 fully saturated rings. The number of benzene rings is 1. The minimum absolute atomic E-state index is 0.0483. The van der Waals surface area contributed by atoms with Crippen LogP contribution >= 0.6 is 0 Å². The third-order valence-electron chi connectivity index (χ3n) is 3.13. The molecule has 0 heterocycles. The summed E-state index contributed by atoms with van der Waals surface area (Å²) in [4.78, 5) is 10.3. The molecule has 0 aromatic heterocycles. The Morgan fingerprint density at radius 1 is 1.33 bits per heavy atom. The normalized spacial score (nSPS) is 12.3. The molecule has 0 aliphatic heterocycles. The van der Waals surface area contributed by atoms with Gasteiger partial charge in [-0.3, -0.25) is 10.1 Å². The van der Waals surface area contributed by atoms with E-state index < -0.39 is 21.9 Å². The molecular formula is C12H17FN2O3. The molecule has 0 saturated carbocycles. The maximum Gasteiger partial charge on any atom is 0.292 e. The van der Waals surface area contributed by atoms with E-state index in [9.17, 15) is 19.6 Å². The zero-order valence-electron chi connectivity index (χ0n) is 10.8. The van der Waals surface area contributed by atoms with Gasteiger partial charge in [-0.15, -0.1) is 0 Å². The molecule has 0 spiro atoms. The molecule has 1 aromatic carbocycles. The van der Waals surface area contributed by atoms with Crippen molar-refractivity contribution in [1.82, 2.24) is 0 Å². The molecule has 18 heavy (non-hydrogen) atoms. The van der Waals surface area contributed by atoms with Gasteiger partial charge in [0.15, 0.2) is 0 Å². The van der Waals surface area contributed by atoms with E-state index >= 15 is 0 Å². The third kappa shape index (κ3) is 2.95. The third-order valence-corrected chi connectivity index (χ3v) is 3.13. The predicted octanol–water partition coefficient (Wildman–Crippen LogP) is 2.70. The van der Waals surface area contributed by atoms with E-state index in [1.54, 1.807) is 27.7 Å². The van der Waals surface area contributed by atoms with Crippen molar-refractivity contribution in [2.45, 2.75) is 38.8 Å². The van der Waals surface area contributed by atoms with Gasteiger partial charge in [-0.2, -0.15) is 0 Å². The average molecular weight is 256 g/mol. The van der Waals surface area contributed by atoms with Crippen molar-refractivity contribution in [3.63, 3.8) is 0 Å². The van der Waals surface area contributed by atoms with E-state index in [1.165, 1.54) is 0 Å². The molecule has 0 bridgehead atoms. The lowest BCUT2D eigenvalue weighted by Crippen LogP contribution is -2.51. The highest BCUT2D eigenvalue weighted by Crippen LogP contribution is 2.31. The molecule has 0 atom stereocenters. The molecule has 0 saturated heterocycles. The molecular weight excluding hydrogens is 239 g/mol. The highest BCUT2D eigenvalue weighted by atomic mass is 19.1. The van der Waals surface area contributed by atoms with E-state index in [2.05, 4.69) is 5.32 Å². The number of nitro benzene ring substituents is 1. The van der Waals surface area contributed by atoms with Crippen LogP contribution in [0.2, 0.25) is 0 Å². The summed E-state index contributed by atoms with van der Waals surface area (Å²) in [6.07, 6.45) is 0. The molecule has 1 aromatic rings. The number of aliphatic hydroxyl groups is 1. The minimum atomic E-state index is -1.13. The van der Waals surface area contributed by atoms with Crippen molar-refractivity contribution in [3.05, 3.63) is 34.1 Å². The summed E-state index contributed by atoms with van der Waals surface area (Å²) in [5.74, 6) is -0.574. The van der Waals surface area contributed by atoms with E-state index in [-0.39, 0.29) is 11.4 Å². The van der Waals surface area contributed by atoms with Crippen LogP contribution in [0.4, 0.5) is 15.8 Å². The van der Waals surface area contributed by atoms with Crippen LogP contribution in [-0.2, 0) is 0 Å². The van der Waals surface area contributed by atoms with Crippen LogP contribution in [0.25, 0.3) is 0 Å². The quantitative estimate of drug-likeness (QED) is 0.641. The summed E-state index contributed by atoms with van der Waals surface area (Å²) in [5, 5.41) is 23.6. The Balaban J connectivity index is 3.18. The number of hydrogen-bond donors (Lipinski definition) is 2. The molecule has 1 rings (SSSR count). The van der Waals surface area contributed by atoms with Gasteiger partial charge in [-0.1, -0.05) is 0 Å². The summed E-state index contributed by atoms with van der Waals surface area (Å²) in [5.41, 5.74) is -2.17. The number of rotatable bonds is 4. The van der Waals surface area contributed by atoms with Gasteiger partial charge >= 0.3 is 0 Å². The smallest absolute Gasteiger partial charge is 0.292 e. The second-order valence-corrected chi connectivity index (χ2v) is 5.23. The van der Waals surface area contributed by atoms with E-state index in [0.29, 0.717) is 0 Å². The van der Waals surface area contributed by atoms with Crippen LogP contribution in [0, 0.1) is 15.9 Å². The fraction of sp³-hybridized carbons (Fsp3) is 0.500. The number of halogens is 1. The fourth-order valence-corrected chi connectivity index (χ4v) is 1.26. The van der Waals surface area contributed by atoms with Crippen LogP contribution < -0.4 is 5.32 Å². The summed E-state index contributed by atoms with van der Waals surface area (Å²) in [6.45, 7) is 6.51. The lowest BCUT2D eigenvalue weighted by Gasteiger charge is -2.38. The zero-order valence-corrected chi connectivity index (χ0v) is 10.8. The van der Waals surface area contributed by atoms with Crippen molar-refractivity contribution in [2.75, 3.05) is 5.32 Å². The standard InChI is InChI=1S/C12H17FN2O3/c1-11(2,12(3,4)16)14-9-7-8(13)5-6-10(9)15(17)18/h5-7,14,16H,1-4H3. The molecule has 2 N–H and O–H groups in total. The Bertz CT molecular complexity index is 467. The first-order chi connectivity index (χ1) is 8.04. The van der Waals surface area contributed by atoms with Crippen molar-refractivity contribution < 1.29 is 14.4 Å².